The van der Waals surface area contributed by atoms with Crippen LogP contribution in [0, 0.1) is 20.8 Å². The van der Waals surface area contributed by atoms with Crippen molar-refractivity contribution in [2.24, 2.45) is 0 Å². The van der Waals surface area contributed by atoms with E-state index in [1.54, 1.807) is 7.11 Å². The van der Waals surface area contributed by atoms with Crippen molar-refractivity contribution in [1.29, 1.82) is 0 Å². The van der Waals surface area contributed by atoms with Crippen LogP contribution in [0.15, 0.2) is 79.0 Å². The first kappa shape index (κ1) is 23.1. The van der Waals surface area contributed by atoms with Gasteiger partial charge in [-0.1, -0.05) is 36.4 Å². The zero-order chi connectivity index (χ0) is 24.5. The Bertz CT molecular complexity index is 1330. The average molecular weight is 483 g/mol. The average Bonchev–Trinajstić information content (AvgIpc) is 3.32. The van der Waals surface area contributed by atoms with E-state index in [9.17, 15) is 0 Å². The number of benzene rings is 2. The minimum atomic E-state index is -0.0506. The third kappa shape index (κ3) is 4.19. The molecular weight excluding hydrogens is 452 g/mol. The predicted molar refractivity (Wildman–Crippen MR) is 144 cm³/mol. The van der Waals surface area contributed by atoms with Crippen molar-refractivity contribution in [2.45, 2.75) is 39.4 Å². The summed E-state index contributed by atoms with van der Waals surface area (Å²) in [6.45, 7) is 7.33. The molecule has 1 aliphatic heterocycles. The predicted octanol–water partition coefficient (Wildman–Crippen LogP) is 5.98. The molecule has 1 saturated heterocycles. The van der Waals surface area contributed by atoms with E-state index >= 15 is 0 Å². The van der Waals surface area contributed by atoms with Crippen LogP contribution in [0.2, 0.25) is 0 Å². The van der Waals surface area contributed by atoms with Crippen LogP contribution in [-0.2, 0) is 6.54 Å². The van der Waals surface area contributed by atoms with Crippen LogP contribution in [0.5, 0.6) is 5.75 Å². The van der Waals surface area contributed by atoms with E-state index in [2.05, 4.69) is 84.1 Å². The van der Waals surface area contributed by atoms with Crippen molar-refractivity contribution in [2.75, 3.05) is 7.11 Å². The number of aromatic nitrogens is 2. The number of ether oxygens (including phenoxy) is 1. The number of hydrogen-bond acceptors (Lipinski definition) is 3. The smallest absolute Gasteiger partial charge is 0.170 e. The Morgan fingerprint density at radius 3 is 2.29 bits per heavy atom. The second kappa shape index (κ2) is 9.55. The van der Waals surface area contributed by atoms with Crippen LogP contribution in [0.3, 0.4) is 0 Å². The van der Waals surface area contributed by atoms with E-state index in [0.29, 0.717) is 6.54 Å². The summed E-state index contributed by atoms with van der Waals surface area (Å²) in [5.41, 5.74) is 8.37. The lowest BCUT2D eigenvalue weighted by Crippen LogP contribution is -2.29. The van der Waals surface area contributed by atoms with Gasteiger partial charge in [0.05, 0.1) is 24.9 Å². The molecule has 0 spiro atoms. The zero-order valence-electron chi connectivity index (χ0n) is 20.5. The standard InChI is InChI=1S/C29H30N4OS/c1-19-20(2)33(23-10-6-5-7-11-23)21(3)26(19)28-27(25-12-8-9-17-30-25)31-29(35)32(28)18-22-13-15-24(34-4)16-14-22/h5-17,27-28H,18H2,1-4H3,(H,31,35). The molecule has 2 aromatic carbocycles. The molecule has 0 saturated carbocycles. The highest BCUT2D eigenvalue weighted by atomic mass is 32.1. The van der Waals surface area contributed by atoms with E-state index in [-0.39, 0.29) is 12.1 Å². The van der Waals surface area contributed by atoms with Gasteiger partial charge in [-0.25, -0.2) is 0 Å². The number of rotatable bonds is 6. The van der Waals surface area contributed by atoms with Gasteiger partial charge in [-0.15, -0.1) is 0 Å². The van der Waals surface area contributed by atoms with Gasteiger partial charge in [0.15, 0.2) is 5.11 Å². The Hall–Kier alpha value is -3.64. The molecule has 178 valence electrons. The first-order valence-corrected chi connectivity index (χ1v) is 12.2. The van der Waals surface area contributed by atoms with Crippen molar-refractivity contribution in [3.05, 3.63) is 113 Å². The van der Waals surface area contributed by atoms with Gasteiger partial charge < -0.3 is 19.5 Å². The molecule has 5 rings (SSSR count). The summed E-state index contributed by atoms with van der Waals surface area (Å²) in [4.78, 5) is 7.02. The minimum absolute atomic E-state index is 0.00293. The quantitative estimate of drug-likeness (QED) is 0.343. The molecule has 2 atom stereocenters. The van der Waals surface area contributed by atoms with Gasteiger partial charge in [0.25, 0.3) is 0 Å². The number of thiocarbonyl (C=S) groups is 1. The first-order valence-electron chi connectivity index (χ1n) is 11.8. The fourth-order valence-electron chi connectivity index (χ4n) is 5.22. The van der Waals surface area contributed by atoms with Crippen LogP contribution >= 0.6 is 12.2 Å². The van der Waals surface area contributed by atoms with Crippen LogP contribution in [0.1, 0.15) is 45.9 Å². The summed E-state index contributed by atoms with van der Waals surface area (Å²) in [5.74, 6) is 0.848. The molecule has 5 nitrogen and oxygen atoms in total. The summed E-state index contributed by atoms with van der Waals surface area (Å²) < 4.78 is 7.71. The Morgan fingerprint density at radius 1 is 0.914 bits per heavy atom. The number of nitrogens with one attached hydrogen (secondary N) is 1. The van der Waals surface area contributed by atoms with Gasteiger partial charge in [-0.2, -0.15) is 0 Å². The number of methoxy groups -OCH3 is 1. The van der Waals surface area contributed by atoms with E-state index in [1.807, 2.05) is 30.5 Å². The number of nitrogens with zero attached hydrogens (tertiary/aromatic N) is 3. The van der Waals surface area contributed by atoms with Gasteiger partial charge in [-0.3, -0.25) is 4.98 Å². The van der Waals surface area contributed by atoms with E-state index in [1.165, 1.54) is 33.8 Å². The van der Waals surface area contributed by atoms with Gasteiger partial charge in [0.1, 0.15) is 5.75 Å². The largest absolute Gasteiger partial charge is 0.497 e. The third-order valence-corrected chi connectivity index (χ3v) is 7.38. The molecule has 3 heterocycles. The molecule has 1 fully saturated rings. The summed E-state index contributed by atoms with van der Waals surface area (Å²) >= 11 is 5.92. The molecule has 2 aromatic heterocycles. The highest BCUT2D eigenvalue weighted by Gasteiger charge is 2.42. The second-order valence-electron chi connectivity index (χ2n) is 8.98. The summed E-state index contributed by atoms with van der Waals surface area (Å²) in [6.07, 6.45) is 1.85. The Balaban J connectivity index is 1.63. The number of para-hydroxylation sites is 1. The lowest BCUT2D eigenvalue weighted by molar-refractivity contribution is 0.309. The molecule has 6 heteroatoms. The van der Waals surface area contributed by atoms with Crippen molar-refractivity contribution < 1.29 is 4.74 Å². The van der Waals surface area contributed by atoms with Crippen molar-refractivity contribution in [3.8, 4) is 11.4 Å². The van der Waals surface area contributed by atoms with Crippen LogP contribution in [0.4, 0.5) is 0 Å². The van der Waals surface area contributed by atoms with Gasteiger partial charge in [-0.05, 0) is 80.5 Å². The van der Waals surface area contributed by atoms with Crippen LogP contribution in [0.25, 0.3) is 5.69 Å². The minimum Gasteiger partial charge on any atom is -0.497 e. The highest BCUT2D eigenvalue weighted by molar-refractivity contribution is 7.80. The summed E-state index contributed by atoms with van der Waals surface area (Å²) in [6, 6.07) is 24.8. The molecule has 0 bridgehead atoms. The topological polar surface area (TPSA) is 42.3 Å². The first-order chi connectivity index (χ1) is 17.0. The lowest BCUT2D eigenvalue weighted by Gasteiger charge is -2.29. The molecule has 1 N–H and O–H groups in total. The van der Waals surface area contributed by atoms with Crippen molar-refractivity contribution >= 4 is 17.3 Å². The SMILES string of the molecule is COc1ccc(CN2C(=S)NC(c3ccccn3)C2c2c(C)c(C)n(-c3ccccc3)c2C)cc1. The van der Waals surface area contributed by atoms with Crippen molar-refractivity contribution in [3.63, 3.8) is 0 Å². The Labute approximate surface area is 212 Å². The monoisotopic (exact) mass is 482 g/mol. The molecule has 0 aliphatic carbocycles. The maximum absolute atomic E-state index is 5.92. The lowest BCUT2D eigenvalue weighted by atomic mass is 9.93. The number of hydrogen-bond donors (Lipinski definition) is 1. The van der Waals surface area contributed by atoms with E-state index < -0.39 is 0 Å². The Kier molecular flexibility index (Phi) is 6.31. The molecular formula is C29H30N4OS. The molecule has 0 radical (unpaired) electrons. The summed E-state index contributed by atoms with van der Waals surface area (Å²) in [7, 11) is 1.69. The summed E-state index contributed by atoms with van der Waals surface area (Å²) in [5, 5.41) is 4.34. The normalized spacial score (nSPS) is 17.5. The number of pyridine rings is 1. The highest BCUT2D eigenvalue weighted by Crippen LogP contribution is 2.44. The fraction of sp³-hybridized carbons (Fsp3) is 0.241. The second-order valence-corrected chi connectivity index (χ2v) is 9.37. The maximum atomic E-state index is 5.92. The van der Waals surface area contributed by atoms with Crippen LogP contribution in [-0.4, -0.2) is 26.7 Å². The van der Waals surface area contributed by atoms with Gasteiger partial charge >= 0.3 is 0 Å². The molecule has 1 aliphatic rings. The van der Waals surface area contributed by atoms with Crippen LogP contribution < -0.4 is 10.1 Å². The Morgan fingerprint density at radius 2 is 1.63 bits per heavy atom. The fourth-order valence-corrected chi connectivity index (χ4v) is 5.53. The zero-order valence-corrected chi connectivity index (χ0v) is 21.3. The van der Waals surface area contributed by atoms with E-state index in [4.69, 9.17) is 21.9 Å². The van der Waals surface area contributed by atoms with Gasteiger partial charge in [0, 0.05) is 35.4 Å². The van der Waals surface area contributed by atoms with Gasteiger partial charge in [0.2, 0.25) is 0 Å². The van der Waals surface area contributed by atoms with E-state index in [0.717, 1.165) is 16.6 Å². The third-order valence-electron chi connectivity index (χ3n) is 7.03. The molecule has 4 aromatic rings. The maximum Gasteiger partial charge on any atom is 0.170 e. The van der Waals surface area contributed by atoms with Crippen molar-refractivity contribution in [1.82, 2.24) is 19.8 Å². The molecule has 0 amide bonds. The molecule has 2 unspecified atom stereocenters. The molecule has 35 heavy (non-hydrogen) atoms.